The van der Waals surface area contributed by atoms with Gasteiger partial charge in [0.2, 0.25) is 5.95 Å². The van der Waals surface area contributed by atoms with Gasteiger partial charge in [-0.3, -0.25) is 0 Å². The number of hydrogen-bond acceptors (Lipinski definition) is 5. The number of rotatable bonds is 5. The molecule has 0 saturated carbocycles. The molecule has 0 bridgehead atoms. The lowest BCUT2D eigenvalue weighted by molar-refractivity contribution is 0.627. The van der Waals surface area contributed by atoms with Crippen molar-refractivity contribution in [2.24, 2.45) is 0 Å². The van der Waals surface area contributed by atoms with E-state index in [4.69, 9.17) is 0 Å². The van der Waals surface area contributed by atoms with Gasteiger partial charge in [-0.25, -0.2) is 4.39 Å². The fraction of sp³-hybridized carbons (Fsp3) is 0.0625. The molecule has 23 heavy (non-hydrogen) atoms. The van der Waals surface area contributed by atoms with Crippen molar-refractivity contribution in [1.29, 1.82) is 0 Å². The summed E-state index contributed by atoms with van der Waals surface area (Å²) in [6, 6.07) is 14.0. The number of aromatic nitrogens is 3. The minimum atomic E-state index is -0.258. The highest BCUT2D eigenvalue weighted by molar-refractivity contribution is 9.10. The summed E-state index contributed by atoms with van der Waals surface area (Å²) < 4.78 is 13.8. The minimum absolute atomic E-state index is 0.258. The van der Waals surface area contributed by atoms with Gasteiger partial charge in [-0.05, 0) is 35.9 Å². The van der Waals surface area contributed by atoms with E-state index < -0.39 is 0 Å². The summed E-state index contributed by atoms with van der Waals surface area (Å²) in [6.07, 6.45) is 1.55. The van der Waals surface area contributed by atoms with Crippen LogP contribution in [0.15, 0.2) is 59.2 Å². The molecule has 0 amide bonds. The number of nitrogens with zero attached hydrogens (tertiary/aromatic N) is 3. The third-order valence-corrected chi connectivity index (χ3v) is 3.51. The molecule has 0 saturated heterocycles. The van der Waals surface area contributed by atoms with Crippen molar-refractivity contribution >= 4 is 33.4 Å². The molecule has 0 unspecified atom stereocenters. The molecule has 2 aromatic carbocycles. The zero-order valence-electron chi connectivity index (χ0n) is 12.0. The van der Waals surface area contributed by atoms with E-state index in [-0.39, 0.29) is 5.82 Å². The molecule has 7 heteroatoms. The van der Waals surface area contributed by atoms with Gasteiger partial charge >= 0.3 is 0 Å². The molecule has 3 rings (SSSR count). The second kappa shape index (κ2) is 7.15. The predicted octanol–water partition coefficient (Wildman–Crippen LogP) is 4.13. The molecule has 0 atom stereocenters. The summed E-state index contributed by atoms with van der Waals surface area (Å²) in [7, 11) is 0. The average Bonchev–Trinajstić information content (AvgIpc) is 2.55. The largest absolute Gasteiger partial charge is 0.349 e. The molecule has 3 aromatic rings. The van der Waals surface area contributed by atoms with E-state index >= 15 is 0 Å². The Morgan fingerprint density at radius 3 is 2.70 bits per heavy atom. The third kappa shape index (κ3) is 4.46. The molecule has 0 aliphatic carbocycles. The molecule has 116 valence electrons. The lowest BCUT2D eigenvalue weighted by atomic mass is 10.2. The maximum Gasteiger partial charge on any atom is 0.244 e. The highest BCUT2D eigenvalue weighted by atomic mass is 79.9. The van der Waals surface area contributed by atoms with Crippen LogP contribution in [0.5, 0.6) is 0 Å². The van der Waals surface area contributed by atoms with Crippen LogP contribution >= 0.6 is 15.9 Å². The number of anilines is 3. The van der Waals surface area contributed by atoms with Crippen LogP contribution in [-0.2, 0) is 6.54 Å². The van der Waals surface area contributed by atoms with E-state index in [9.17, 15) is 4.39 Å². The van der Waals surface area contributed by atoms with Gasteiger partial charge in [-0.15, -0.1) is 5.10 Å². The van der Waals surface area contributed by atoms with Gasteiger partial charge in [-0.2, -0.15) is 10.1 Å². The van der Waals surface area contributed by atoms with Crippen molar-refractivity contribution in [3.8, 4) is 0 Å². The van der Waals surface area contributed by atoms with Crippen LogP contribution in [0, 0.1) is 5.82 Å². The van der Waals surface area contributed by atoms with Gasteiger partial charge in [0.15, 0.2) is 5.82 Å². The van der Waals surface area contributed by atoms with Crippen molar-refractivity contribution in [2.45, 2.75) is 6.54 Å². The maximum atomic E-state index is 12.9. The average molecular weight is 374 g/mol. The standard InChI is InChI=1S/C16H13BrFN5/c17-12-2-1-3-14(8-12)21-15-10-20-23-16(22-15)19-9-11-4-6-13(18)7-5-11/h1-8,10H,9H2,(H2,19,21,22,23). The zero-order chi connectivity index (χ0) is 16.1. The van der Waals surface area contributed by atoms with E-state index in [0.717, 1.165) is 15.7 Å². The molecule has 0 aliphatic rings. The maximum absolute atomic E-state index is 12.9. The molecule has 0 radical (unpaired) electrons. The fourth-order valence-electron chi connectivity index (χ4n) is 1.94. The molecular formula is C16H13BrFN5. The third-order valence-electron chi connectivity index (χ3n) is 3.02. The van der Waals surface area contributed by atoms with Crippen molar-refractivity contribution in [3.63, 3.8) is 0 Å². The summed E-state index contributed by atoms with van der Waals surface area (Å²) in [4.78, 5) is 4.35. The zero-order valence-corrected chi connectivity index (χ0v) is 13.6. The van der Waals surface area contributed by atoms with Gasteiger partial charge < -0.3 is 10.6 Å². The first kappa shape index (κ1) is 15.4. The summed E-state index contributed by atoms with van der Waals surface area (Å²) >= 11 is 3.42. The van der Waals surface area contributed by atoms with Crippen LogP contribution in [0.4, 0.5) is 21.8 Å². The first-order valence-corrected chi connectivity index (χ1v) is 7.69. The Kier molecular flexibility index (Phi) is 4.77. The Morgan fingerprint density at radius 2 is 1.91 bits per heavy atom. The summed E-state index contributed by atoms with van der Waals surface area (Å²) in [6.45, 7) is 0.488. The fourth-order valence-corrected chi connectivity index (χ4v) is 2.34. The van der Waals surface area contributed by atoms with Crippen LogP contribution in [-0.4, -0.2) is 15.2 Å². The van der Waals surface area contributed by atoms with E-state index in [2.05, 4.69) is 41.7 Å². The molecule has 0 aliphatic heterocycles. The van der Waals surface area contributed by atoms with Crippen LogP contribution in [0.1, 0.15) is 5.56 Å². The Labute approximate surface area is 141 Å². The predicted molar refractivity (Wildman–Crippen MR) is 91.0 cm³/mol. The monoisotopic (exact) mass is 373 g/mol. The second-order valence-corrected chi connectivity index (χ2v) is 5.70. The molecular weight excluding hydrogens is 361 g/mol. The number of benzene rings is 2. The highest BCUT2D eigenvalue weighted by Gasteiger charge is 2.02. The van der Waals surface area contributed by atoms with Gasteiger partial charge in [0, 0.05) is 16.7 Å². The molecule has 1 aromatic heterocycles. The topological polar surface area (TPSA) is 62.7 Å². The van der Waals surface area contributed by atoms with Crippen molar-refractivity contribution in [2.75, 3.05) is 10.6 Å². The first-order chi connectivity index (χ1) is 11.2. The van der Waals surface area contributed by atoms with Crippen LogP contribution in [0.25, 0.3) is 0 Å². The molecule has 2 N–H and O–H groups in total. The van der Waals surface area contributed by atoms with Crippen LogP contribution in [0.2, 0.25) is 0 Å². The smallest absolute Gasteiger partial charge is 0.244 e. The first-order valence-electron chi connectivity index (χ1n) is 6.90. The Morgan fingerprint density at radius 1 is 1.09 bits per heavy atom. The van der Waals surface area contributed by atoms with Gasteiger partial charge in [-0.1, -0.05) is 34.1 Å². The van der Waals surface area contributed by atoms with E-state index in [1.807, 2.05) is 24.3 Å². The van der Waals surface area contributed by atoms with E-state index in [1.54, 1.807) is 18.3 Å². The second-order valence-electron chi connectivity index (χ2n) is 4.78. The van der Waals surface area contributed by atoms with Crippen LogP contribution < -0.4 is 10.6 Å². The molecule has 0 spiro atoms. The molecule has 1 heterocycles. The summed E-state index contributed by atoms with van der Waals surface area (Å²) in [5.41, 5.74) is 1.82. The molecule has 0 fully saturated rings. The summed E-state index contributed by atoms with van der Waals surface area (Å²) in [5, 5.41) is 14.1. The normalized spacial score (nSPS) is 10.3. The van der Waals surface area contributed by atoms with Gasteiger partial charge in [0.1, 0.15) is 5.82 Å². The Bertz CT molecular complexity index is 794. The lowest BCUT2D eigenvalue weighted by Gasteiger charge is -2.08. The van der Waals surface area contributed by atoms with Crippen molar-refractivity contribution < 1.29 is 4.39 Å². The lowest BCUT2D eigenvalue weighted by Crippen LogP contribution is -2.06. The Hall–Kier alpha value is -2.54. The van der Waals surface area contributed by atoms with E-state index in [1.165, 1.54) is 12.1 Å². The van der Waals surface area contributed by atoms with E-state index in [0.29, 0.717) is 18.3 Å². The quantitative estimate of drug-likeness (QED) is 0.703. The number of nitrogens with one attached hydrogen (secondary N) is 2. The molecule has 5 nitrogen and oxygen atoms in total. The number of halogens is 2. The highest BCUT2D eigenvalue weighted by Crippen LogP contribution is 2.19. The SMILES string of the molecule is Fc1ccc(CNc2nncc(Nc3cccc(Br)c3)n2)cc1. The summed E-state index contributed by atoms with van der Waals surface area (Å²) in [5.74, 6) is 0.723. The van der Waals surface area contributed by atoms with Crippen molar-refractivity contribution in [3.05, 3.63) is 70.6 Å². The van der Waals surface area contributed by atoms with Crippen molar-refractivity contribution in [1.82, 2.24) is 15.2 Å². The van der Waals surface area contributed by atoms with Gasteiger partial charge in [0.25, 0.3) is 0 Å². The van der Waals surface area contributed by atoms with Crippen LogP contribution in [0.3, 0.4) is 0 Å². The minimum Gasteiger partial charge on any atom is -0.349 e. The number of hydrogen-bond donors (Lipinski definition) is 2. The Balaban J connectivity index is 1.66. The van der Waals surface area contributed by atoms with Gasteiger partial charge in [0.05, 0.1) is 6.20 Å².